The Labute approximate surface area is 190 Å². The maximum absolute atomic E-state index is 6.24. The van der Waals surface area contributed by atoms with Gasteiger partial charge >= 0.3 is 0 Å². The van der Waals surface area contributed by atoms with E-state index in [1.54, 1.807) is 12.1 Å². The summed E-state index contributed by atoms with van der Waals surface area (Å²) in [6, 6.07) is 17.7. The molecular weight excluding hydrogens is 473 g/mol. The van der Waals surface area contributed by atoms with Crippen molar-refractivity contribution in [3.8, 4) is 11.5 Å². The molecule has 0 saturated carbocycles. The van der Waals surface area contributed by atoms with Crippen LogP contribution in [0.1, 0.15) is 23.6 Å². The topological polar surface area (TPSA) is 30.5 Å². The van der Waals surface area contributed by atoms with E-state index < -0.39 is 0 Å². The monoisotopic (exact) mass is 493 g/mol. The van der Waals surface area contributed by atoms with E-state index in [-0.39, 0.29) is 0 Å². The van der Waals surface area contributed by atoms with Crippen molar-refractivity contribution in [2.24, 2.45) is 0 Å². The van der Waals surface area contributed by atoms with Gasteiger partial charge < -0.3 is 14.8 Å². The van der Waals surface area contributed by atoms with E-state index >= 15 is 0 Å². The zero-order chi connectivity index (χ0) is 20.8. The normalized spacial score (nSPS) is 10.7. The zero-order valence-electron chi connectivity index (χ0n) is 16.3. The lowest BCUT2D eigenvalue weighted by atomic mass is 10.1. The zero-order valence-corrected chi connectivity index (χ0v) is 19.4. The highest BCUT2D eigenvalue weighted by molar-refractivity contribution is 9.10. The molecule has 3 nitrogen and oxygen atoms in total. The fraction of sp³-hybridized carbons (Fsp3) is 0.217. The smallest absolute Gasteiger partial charge is 0.175 e. The molecule has 0 atom stereocenters. The molecule has 0 saturated heterocycles. The van der Waals surface area contributed by atoms with Crippen molar-refractivity contribution >= 4 is 44.8 Å². The lowest BCUT2D eigenvalue weighted by Crippen LogP contribution is -2.04. The number of hydrogen-bond donors (Lipinski definition) is 1. The SMILES string of the molecule is CCOc1cc(CNc2ccc(Cl)cc2Cl)cc(Br)c1OCc1cccc(C)c1. The minimum absolute atomic E-state index is 0.471. The first-order chi connectivity index (χ1) is 14.0. The number of rotatable bonds is 8. The summed E-state index contributed by atoms with van der Waals surface area (Å²) >= 11 is 15.8. The molecule has 0 aromatic heterocycles. The molecule has 3 aromatic carbocycles. The number of aryl methyl sites for hydroxylation is 1. The fourth-order valence-corrected chi connectivity index (χ4v) is 3.99. The van der Waals surface area contributed by atoms with Crippen molar-refractivity contribution in [2.75, 3.05) is 11.9 Å². The molecule has 0 heterocycles. The summed E-state index contributed by atoms with van der Waals surface area (Å²) in [4.78, 5) is 0. The molecular formula is C23H22BrCl2NO2. The first kappa shape index (κ1) is 21.8. The van der Waals surface area contributed by atoms with Crippen LogP contribution in [0.3, 0.4) is 0 Å². The first-order valence-electron chi connectivity index (χ1n) is 9.28. The molecule has 0 fully saturated rings. The summed E-state index contributed by atoms with van der Waals surface area (Å²) in [5, 5.41) is 4.52. The second kappa shape index (κ2) is 10.2. The van der Waals surface area contributed by atoms with Gasteiger partial charge in [0.2, 0.25) is 0 Å². The Morgan fingerprint density at radius 2 is 1.79 bits per heavy atom. The molecule has 0 bridgehead atoms. The van der Waals surface area contributed by atoms with Crippen molar-refractivity contribution in [3.63, 3.8) is 0 Å². The summed E-state index contributed by atoms with van der Waals surface area (Å²) in [5.41, 5.74) is 4.18. The van der Waals surface area contributed by atoms with Crippen molar-refractivity contribution in [3.05, 3.63) is 85.8 Å². The number of nitrogens with one attached hydrogen (secondary N) is 1. The van der Waals surface area contributed by atoms with E-state index in [2.05, 4.69) is 46.4 Å². The molecule has 3 aromatic rings. The summed E-state index contributed by atoms with van der Waals surface area (Å²) < 4.78 is 12.8. The highest BCUT2D eigenvalue weighted by atomic mass is 79.9. The van der Waals surface area contributed by atoms with Gasteiger partial charge in [0.05, 0.1) is 21.8 Å². The number of halogens is 3. The second-order valence-corrected chi connectivity index (χ2v) is 8.29. The Bertz CT molecular complexity index is 995. The Morgan fingerprint density at radius 1 is 0.966 bits per heavy atom. The summed E-state index contributed by atoms with van der Waals surface area (Å²) in [5.74, 6) is 1.40. The Morgan fingerprint density at radius 3 is 2.52 bits per heavy atom. The summed E-state index contributed by atoms with van der Waals surface area (Å²) in [6.45, 7) is 5.63. The highest BCUT2D eigenvalue weighted by Gasteiger charge is 2.13. The van der Waals surface area contributed by atoms with Crippen LogP contribution >= 0.6 is 39.1 Å². The lowest BCUT2D eigenvalue weighted by Gasteiger charge is -2.16. The van der Waals surface area contributed by atoms with Gasteiger partial charge in [-0.2, -0.15) is 0 Å². The van der Waals surface area contributed by atoms with Gasteiger partial charge in [-0.15, -0.1) is 0 Å². The van der Waals surface area contributed by atoms with Gasteiger partial charge in [-0.3, -0.25) is 0 Å². The molecule has 0 radical (unpaired) electrons. The van der Waals surface area contributed by atoms with Crippen molar-refractivity contribution in [1.29, 1.82) is 0 Å². The van der Waals surface area contributed by atoms with Crippen LogP contribution in [0.5, 0.6) is 11.5 Å². The van der Waals surface area contributed by atoms with Gasteiger partial charge in [-0.05, 0) is 71.2 Å². The Hall–Kier alpha value is -1.88. The third-order valence-corrected chi connectivity index (χ3v) is 5.39. The standard InChI is InChI=1S/C23H22BrCl2NO2/c1-3-28-22-11-17(13-27-21-8-7-18(25)12-20(21)26)10-19(24)23(22)29-14-16-6-4-5-15(2)9-16/h4-12,27H,3,13-14H2,1-2H3. The predicted octanol–water partition coefficient (Wildman–Crippen LogP) is 7.65. The molecule has 0 aliphatic carbocycles. The molecule has 0 spiro atoms. The molecule has 3 rings (SSSR count). The summed E-state index contributed by atoms with van der Waals surface area (Å²) in [6.07, 6.45) is 0. The highest BCUT2D eigenvalue weighted by Crippen LogP contribution is 2.38. The third-order valence-electron chi connectivity index (χ3n) is 4.25. The van der Waals surface area contributed by atoms with Crippen LogP contribution in [0.4, 0.5) is 5.69 Å². The van der Waals surface area contributed by atoms with Gasteiger partial charge in [0.15, 0.2) is 11.5 Å². The van der Waals surface area contributed by atoms with E-state index in [4.69, 9.17) is 32.7 Å². The summed E-state index contributed by atoms with van der Waals surface area (Å²) in [7, 11) is 0. The van der Waals surface area contributed by atoms with Crippen LogP contribution in [-0.2, 0) is 13.2 Å². The van der Waals surface area contributed by atoms with Gasteiger partial charge in [-0.1, -0.05) is 53.0 Å². The van der Waals surface area contributed by atoms with Gasteiger partial charge in [-0.25, -0.2) is 0 Å². The van der Waals surface area contributed by atoms with E-state index in [9.17, 15) is 0 Å². The molecule has 1 N–H and O–H groups in total. The Balaban J connectivity index is 1.76. The number of anilines is 1. The lowest BCUT2D eigenvalue weighted by molar-refractivity contribution is 0.267. The van der Waals surface area contributed by atoms with Crippen LogP contribution in [0.2, 0.25) is 10.0 Å². The molecule has 0 unspecified atom stereocenters. The fourth-order valence-electron chi connectivity index (χ4n) is 2.91. The number of benzene rings is 3. The molecule has 0 amide bonds. The van der Waals surface area contributed by atoms with E-state index in [1.165, 1.54) is 5.56 Å². The van der Waals surface area contributed by atoms with Crippen molar-refractivity contribution < 1.29 is 9.47 Å². The van der Waals surface area contributed by atoms with E-state index in [0.29, 0.717) is 41.3 Å². The number of hydrogen-bond acceptors (Lipinski definition) is 3. The molecule has 0 aliphatic heterocycles. The first-order valence-corrected chi connectivity index (χ1v) is 10.8. The second-order valence-electron chi connectivity index (χ2n) is 6.59. The van der Waals surface area contributed by atoms with Gasteiger partial charge in [0.25, 0.3) is 0 Å². The maximum atomic E-state index is 6.24. The van der Waals surface area contributed by atoms with E-state index in [1.807, 2.05) is 31.2 Å². The molecule has 6 heteroatoms. The molecule has 0 aliphatic rings. The minimum atomic E-state index is 0.471. The molecule has 152 valence electrons. The van der Waals surface area contributed by atoms with Crippen LogP contribution in [-0.4, -0.2) is 6.61 Å². The van der Waals surface area contributed by atoms with Crippen LogP contribution < -0.4 is 14.8 Å². The third kappa shape index (κ3) is 6.05. The maximum Gasteiger partial charge on any atom is 0.175 e. The van der Waals surface area contributed by atoms with Crippen LogP contribution in [0, 0.1) is 6.92 Å². The van der Waals surface area contributed by atoms with Crippen molar-refractivity contribution in [1.82, 2.24) is 0 Å². The average Bonchev–Trinajstić information content (AvgIpc) is 2.67. The van der Waals surface area contributed by atoms with Crippen LogP contribution in [0.25, 0.3) is 0 Å². The predicted molar refractivity (Wildman–Crippen MR) is 125 cm³/mol. The minimum Gasteiger partial charge on any atom is -0.490 e. The quantitative estimate of drug-likeness (QED) is 0.348. The van der Waals surface area contributed by atoms with Crippen LogP contribution in [0.15, 0.2) is 59.1 Å². The molecule has 29 heavy (non-hydrogen) atoms. The van der Waals surface area contributed by atoms with Gasteiger partial charge in [0.1, 0.15) is 6.61 Å². The van der Waals surface area contributed by atoms with Crippen molar-refractivity contribution in [2.45, 2.75) is 27.0 Å². The average molecular weight is 495 g/mol. The van der Waals surface area contributed by atoms with E-state index in [0.717, 1.165) is 21.3 Å². The number of ether oxygens (including phenoxy) is 2. The largest absolute Gasteiger partial charge is 0.490 e. The Kier molecular flexibility index (Phi) is 7.70. The van der Waals surface area contributed by atoms with Gasteiger partial charge in [0, 0.05) is 11.6 Å².